The topological polar surface area (TPSA) is 17.1 Å². The van der Waals surface area contributed by atoms with E-state index in [0.717, 1.165) is 39.8 Å². The highest BCUT2D eigenvalue weighted by Gasteiger charge is 2.46. The zero-order valence-electron chi connectivity index (χ0n) is 23.9. The lowest BCUT2D eigenvalue weighted by Gasteiger charge is -2.35. The van der Waals surface area contributed by atoms with Crippen LogP contribution in [0.5, 0.6) is 0 Å². The Kier molecular flexibility index (Phi) is 8.02. The number of carbonyl (C=O) groups is 1. The number of allylic oxidation sites excluding steroid dienone is 2. The van der Waals surface area contributed by atoms with Crippen molar-refractivity contribution in [2.45, 2.75) is 46.5 Å². The van der Waals surface area contributed by atoms with Gasteiger partial charge in [0.25, 0.3) is 0 Å². The Morgan fingerprint density at radius 3 is 1.74 bits per heavy atom. The van der Waals surface area contributed by atoms with Gasteiger partial charge in [-0.15, -0.1) is 0 Å². The van der Waals surface area contributed by atoms with Crippen LogP contribution in [0.1, 0.15) is 90.3 Å². The van der Waals surface area contributed by atoms with Gasteiger partial charge >= 0.3 is 0 Å². The lowest BCUT2D eigenvalue weighted by Crippen LogP contribution is -2.29. The van der Waals surface area contributed by atoms with Gasteiger partial charge in [0.1, 0.15) is 0 Å². The predicted octanol–water partition coefficient (Wildman–Crippen LogP) is 10.4. The number of carbonyl (C=O) groups excluding carboxylic acids is 1. The zero-order chi connectivity index (χ0) is 28.3. The fraction of sp³-hybridized carbons (Fsp3) is 0.184. The minimum absolute atomic E-state index is 0.0442. The minimum Gasteiger partial charge on any atom is -0.294 e. The van der Waals surface area contributed by atoms with Crippen molar-refractivity contribution in [1.82, 2.24) is 0 Å². The predicted molar refractivity (Wildman–Crippen MR) is 169 cm³/mol. The van der Waals surface area contributed by atoms with Crippen LogP contribution in [0.3, 0.4) is 0 Å². The van der Waals surface area contributed by atoms with Crippen LogP contribution in [0.2, 0.25) is 0 Å². The maximum Gasteiger partial charge on any atom is 0.160 e. The third-order valence-electron chi connectivity index (χ3n) is 7.76. The molecule has 0 atom stereocenters. The van der Waals surface area contributed by atoms with E-state index in [2.05, 4.69) is 106 Å². The molecule has 0 bridgehead atoms. The Morgan fingerprint density at radius 2 is 1.26 bits per heavy atom. The Hall–Kier alpha value is -4.23. The highest BCUT2D eigenvalue weighted by Crippen LogP contribution is 2.56. The summed E-state index contributed by atoms with van der Waals surface area (Å²) in [7, 11) is 0. The highest BCUT2D eigenvalue weighted by atomic mass is 16.1. The van der Waals surface area contributed by atoms with Crippen molar-refractivity contribution in [3.8, 4) is 11.1 Å². The molecule has 0 fully saturated rings. The van der Waals surface area contributed by atoms with Gasteiger partial charge in [0, 0.05) is 5.56 Å². The fourth-order valence-electron chi connectivity index (χ4n) is 5.93. The lowest BCUT2D eigenvalue weighted by molar-refractivity contribution is 0.101. The molecule has 0 aromatic heterocycles. The van der Waals surface area contributed by atoms with Crippen LogP contribution in [0.15, 0.2) is 105 Å². The molecule has 4 aromatic rings. The maximum atomic E-state index is 12.5. The van der Waals surface area contributed by atoms with Gasteiger partial charge in [-0.05, 0) is 88.0 Å². The SMILES string of the molecule is C=Cc1ccc(C2(c3ccc(C(C)=O)c(C(=C)C)c3)c3ccccc3-c3ccccc32)cc1C(=C)CC.CC. The number of ketones is 1. The molecule has 1 aliphatic rings. The normalized spacial score (nSPS) is 12.4. The molecule has 1 nitrogen and oxygen atoms in total. The number of hydrogen-bond acceptors (Lipinski definition) is 1. The van der Waals surface area contributed by atoms with Crippen molar-refractivity contribution >= 4 is 23.0 Å². The second-order valence-electron chi connectivity index (χ2n) is 9.90. The average Bonchev–Trinajstić information content (AvgIpc) is 3.28. The number of rotatable bonds is 7. The summed E-state index contributed by atoms with van der Waals surface area (Å²) < 4.78 is 0. The zero-order valence-corrected chi connectivity index (χ0v) is 23.9. The number of benzene rings is 4. The number of fused-ring (bicyclic) bond motifs is 3. The standard InChI is InChI=1S/C36H32O.C2H6/c1-7-24(5)33-22-27(18-17-26(33)8-2)36(28-19-20-29(25(6)37)32(21-28)23(3)4)34-15-11-9-13-30(34)31-14-10-12-16-35(31)36;1-2/h8-22H,2-3,5,7H2,1,4,6H3;1-2H3. The summed E-state index contributed by atoms with van der Waals surface area (Å²) in [5.74, 6) is 0.0442. The molecule has 0 amide bonds. The van der Waals surface area contributed by atoms with E-state index >= 15 is 0 Å². The molecule has 0 saturated carbocycles. The third-order valence-corrected chi connectivity index (χ3v) is 7.76. The van der Waals surface area contributed by atoms with Crippen LogP contribution in [0.25, 0.3) is 28.3 Å². The van der Waals surface area contributed by atoms with Gasteiger partial charge in [-0.25, -0.2) is 0 Å². The second-order valence-corrected chi connectivity index (χ2v) is 9.90. The molecule has 0 radical (unpaired) electrons. The van der Waals surface area contributed by atoms with E-state index in [1.165, 1.54) is 27.8 Å². The largest absolute Gasteiger partial charge is 0.294 e. The first kappa shape index (κ1) is 27.8. The molecule has 5 rings (SSSR count). The monoisotopic (exact) mass is 510 g/mol. The first-order valence-electron chi connectivity index (χ1n) is 13.8. The minimum atomic E-state index is -0.560. The summed E-state index contributed by atoms with van der Waals surface area (Å²) in [6.07, 6.45) is 2.77. The van der Waals surface area contributed by atoms with E-state index in [-0.39, 0.29) is 5.78 Å². The average molecular weight is 511 g/mol. The van der Waals surface area contributed by atoms with Crippen molar-refractivity contribution in [3.63, 3.8) is 0 Å². The molecule has 0 unspecified atom stereocenters. The summed E-state index contributed by atoms with van der Waals surface area (Å²) in [6, 6.07) is 30.3. The summed E-state index contributed by atoms with van der Waals surface area (Å²) in [6.45, 7) is 22.4. The molecule has 0 saturated heterocycles. The van der Waals surface area contributed by atoms with Crippen LogP contribution in [0, 0.1) is 0 Å². The highest BCUT2D eigenvalue weighted by molar-refractivity contribution is 5.99. The molecular weight excluding hydrogens is 472 g/mol. The molecule has 196 valence electrons. The molecule has 1 heteroatoms. The Bertz CT molecular complexity index is 1550. The van der Waals surface area contributed by atoms with Crippen molar-refractivity contribution in [2.24, 2.45) is 0 Å². The van der Waals surface area contributed by atoms with Gasteiger partial charge in [0.2, 0.25) is 0 Å². The molecule has 0 spiro atoms. The summed E-state index contributed by atoms with van der Waals surface area (Å²) in [4.78, 5) is 12.5. The molecule has 0 N–H and O–H groups in total. The van der Waals surface area contributed by atoms with Crippen LogP contribution < -0.4 is 0 Å². The van der Waals surface area contributed by atoms with Crippen LogP contribution >= 0.6 is 0 Å². The molecular formula is C38H38O. The van der Waals surface area contributed by atoms with Gasteiger partial charge in [0.05, 0.1) is 5.41 Å². The Balaban J connectivity index is 0.00000172. The summed E-state index contributed by atoms with van der Waals surface area (Å²) in [5, 5.41) is 0. The van der Waals surface area contributed by atoms with Crippen molar-refractivity contribution in [3.05, 3.63) is 149 Å². The third kappa shape index (κ3) is 4.42. The lowest BCUT2D eigenvalue weighted by atomic mass is 9.66. The van der Waals surface area contributed by atoms with E-state index in [9.17, 15) is 4.79 Å². The van der Waals surface area contributed by atoms with E-state index in [1.54, 1.807) is 6.92 Å². The maximum absolute atomic E-state index is 12.5. The van der Waals surface area contributed by atoms with Crippen LogP contribution in [-0.2, 0) is 5.41 Å². The van der Waals surface area contributed by atoms with Gasteiger partial charge in [-0.1, -0.05) is 125 Å². The van der Waals surface area contributed by atoms with Gasteiger partial charge in [-0.2, -0.15) is 0 Å². The van der Waals surface area contributed by atoms with E-state index in [0.29, 0.717) is 5.56 Å². The molecule has 4 aromatic carbocycles. The van der Waals surface area contributed by atoms with Gasteiger partial charge in [0.15, 0.2) is 5.78 Å². The smallest absolute Gasteiger partial charge is 0.160 e. The number of hydrogen-bond donors (Lipinski definition) is 0. The summed E-state index contributed by atoms with van der Waals surface area (Å²) >= 11 is 0. The fourth-order valence-corrected chi connectivity index (χ4v) is 5.93. The Morgan fingerprint density at radius 1 is 0.744 bits per heavy atom. The van der Waals surface area contributed by atoms with Crippen molar-refractivity contribution < 1.29 is 4.79 Å². The van der Waals surface area contributed by atoms with Gasteiger partial charge < -0.3 is 0 Å². The molecule has 39 heavy (non-hydrogen) atoms. The van der Waals surface area contributed by atoms with E-state index in [4.69, 9.17) is 0 Å². The van der Waals surface area contributed by atoms with E-state index in [1.807, 2.05) is 32.9 Å². The molecule has 0 aliphatic heterocycles. The first-order chi connectivity index (χ1) is 18.8. The molecule has 1 aliphatic carbocycles. The van der Waals surface area contributed by atoms with Crippen molar-refractivity contribution in [2.75, 3.05) is 0 Å². The van der Waals surface area contributed by atoms with E-state index < -0.39 is 5.41 Å². The Labute approximate surface area is 234 Å². The number of Topliss-reactive ketones (excluding diaryl/α,β-unsaturated/α-hetero) is 1. The summed E-state index contributed by atoms with van der Waals surface area (Å²) in [5.41, 5.74) is 12.4. The second kappa shape index (κ2) is 11.3. The quantitative estimate of drug-likeness (QED) is 0.199. The first-order valence-corrected chi connectivity index (χ1v) is 13.8. The van der Waals surface area contributed by atoms with Crippen LogP contribution in [-0.4, -0.2) is 5.78 Å². The molecule has 0 heterocycles. The van der Waals surface area contributed by atoms with Crippen molar-refractivity contribution in [1.29, 1.82) is 0 Å². The van der Waals surface area contributed by atoms with Gasteiger partial charge in [-0.3, -0.25) is 4.79 Å². The van der Waals surface area contributed by atoms with Crippen LogP contribution in [0.4, 0.5) is 0 Å².